The summed E-state index contributed by atoms with van der Waals surface area (Å²) in [5.41, 5.74) is 5.31. The van der Waals surface area contributed by atoms with E-state index in [1.165, 1.54) is 11.3 Å². The molecule has 25 heavy (non-hydrogen) atoms. The molecule has 130 valence electrons. The number of nitrogens with zero attached hydrogens (tertiary/aromatic N) is 3. The van der Waals surface area contributed by atoms with Crippen molar-refractivity contribution in [2.24, 2.45) is 4.99 Å². The fourth-order valence-corrected chi connectivity index (χ4v) is 3.18. The van der Waals surface area contributed by atoms with E-state index in [0.717, 1.165) is 42.3 Å². The molecule has 1 aliphatic rings. The maximum Gasteiger partial charge on any atom is 0.0986 e. The Balaban J connectivity index is 1.78. The summed E-state index contributed by atoms with van der Waals surface area (Å²) < 4.78 is 0. The molecular weight excluding hydrogens is 334 g/mol. The van der Waals surface area contributed by atoms with Crippen LogP contribution in [0.2, 0.25) is 5.02 Å². The first kappa shape index (κ1) is 17.3. The molecule has 6 heteroatoms. The number of halogens is 1. The van der Waals surface area contributed by atoms with Crippen LogP contribution in [0.15, 0.2) is 47.7 Å². The highest BCUT2D eigenvalue weighted by Gasteiger charge is 2.23. The number of anilines is 1. The maximum atomic E-state index is 6.05. The van der Waals surface area contributed by atoms with Gasteiger partial charge in [0.25, 0.3) is 0 Å². The summed E-state index contributed by atoms with van der Waals surface area (Å²) in [5.74, 6) is 0.853. The van der Waals surface area contributed by atoms with E-state index in [0.29, 0.717) is 5.02 Å². The van der Waals surface area contributed by atoms with Crippen molar-refractivity contribution in [1.82, 2.24) is 15.1 Å². The molecule has 0 saturated heterocycles. The standard InChI is InChI=1S/C19H22ClN5/c1-4-14(11-21-3)19-17-12-25(9-8-18(17)23-24-19)13(2)22-16-7-5-6-15(20)10-16/h4-7,10-11,22H,2,8-9,12H2,1,3H3,(H,23,24)/b14-4+,21-11?. The van der Waals surface area contributed by atoms with Crippen molar-refractivity contribution in [3.8, 4) is 0 Å². The van der Waals surface area contributed by atoms with E-state index in [2.05, 4.69) is 32.0 Å². The Bertz CT molecular complexity index is 834. The van der Waals surface area contributed by atoms with E-state index in [1.54, 1.807) is 7.05 Å². The summed E-state index contributed by atoms with van der Waals surface area (Å²) in [4.78, 5) is 6.35. The summed E-state index contributed by atoms with van der Waals surface area (Å²) in [6, 6.07) is 7.64. The second-order valence-electron chi connectivity index (χ2n) is 5.91. The molecule has 0 spiro atoms. The normalized spacial score (nSPS) is 14.7. The van der Waals surface area contributed by atoms with E-state index in [4.69, 9.17) is 11.6 Å². The van der Waals surface area contributed by atoms with E-state index in [-0.39, 0.29) is 0 Å². The van der Waals surface area contributed by atoms with Crippen LogP contribution in [0.3, 0.4) is 0 Å². The fourth-order valence-electron chi connectivity index (χ4n) is 2.99. The monoisotopic (exact) mass is 355 g/mol. The Morgan fingerprint density at radius 3 is 3.04 bits per heavy atom. The van der Waals surface area contributed by atoms with Crippen LogP contribution in [0, 0.1) is 0 Å². The molecule has 0 atom stereocenters. The minimum Gasteiger partial charge on any atom is -0.354 e. The van der Waals surface area contributed by atoms with Crippen LogP contribution in [0.5, 0.6) is 0 Å². The maximum absolute atomic E-state index is 6.05. The molecule has 1 aliphatic heterocycles. The van der Waals surface area contributed by atoms with Crippen molar-refractivity contribution < 1.29 is 0 Å². The third-order valence-electron chi connectivity index (χ3n) is 4.28. The van der Waals surface area contributed by atoms with Gasteiger partial charge in [-0.1, -0.05) is 30.3 Å². The summed E-state index contributed by atoms with van der Waals surface area (Å²) >= 11 is 6.05. The molecule has 5 nitrogen and oxygen atoms in total. The molecule has 1 aromatic heterocycles. The zero-order valence-electron chi connectivity index (χ0n) is 14.5. The van der Waals surface area contributed by atoms with Crippen molar-refractivity contribution in [2.75, 3.05) is 18.9 Å². The van der Waals surface area contributed by atoms with E-state index >= 15 is 0 Å². The molecule has 0 fully saturated rings. The number of aromatic amines is 1. The molecule has 0 bridgehead atoms. The lowest BCUT2D eigenvalue weighted by atomic mass is 10.0. The van der Waals surface area contributed by atoms with Gasteiger partial charge in [0.15, 0.2) is 0 Å². The average molecular weight is 356 g/mol. The van der Waals surface area contributed by atoms with Gasteiger partial charge in [-0.3, -0.25) is 10.1 Å². The van der Waals surface area contributed by atoms with Crippen molar-refractivity contribution in [3.05, 3.63) is 64.7 Å². The number of fused-ring (bicyclic) bond motifs is 1. The number of hydrogen-bond donors (Lipinski definition) is 2. The van der Waals surface area contributed by atoms with Crippen LogP contribution in [0.4, 0.5) is 5.69 Å². The van der Waals surface area contributed by atoms with E-state index in [1.807, 2.05) is 43.5 Å². The smallest absolute Gasteiger partial charge is 0.0986 e. The Kier molecular flexibility index (Phi) is 5.24. The average Bonchev–Trinajstić information content (AvgIpc) is 3.02. The number of allylic oxidation sites excluding steroid dienone is 2. The fraction of sp³-hybridized carbons (Fsp3) is 0.263. The Morgan fingerprint density at radius 2 is 2.32 bits per heavy atom. The van der Waals surface area contributed by atoms with Crippen molar-refractivity contribution >= 4 is 29.1 Å². The molecule has 0 aliphatic carbocycles. The number of hydrogen-bond acceptors (Lipinski definition) is 4. The lowest BCUT2D eigenvalue weighted by Crippen LogP contribution is -2.32. The first-order chi connectivity index (χ1) is 12.1. The molecule has 2 N–H and O–H groups in total. The topological polar surface area (TPSA) is 56.3 Å². The number of aromatic nitrogens is 2. The van der Waals surface area contributed by atoms with Crippen molar-refractivity contribution in [3.63, 3.8) is 0 Å². The second kappa shape index (κ2) is 7.57. The number of aliphatic imine (C=N–C) groups is 1. The van der Waals surface area contributed by atoms with Gasteiger partial charge in [0, 0.05) is 60.3 Å². The number of H-pyrrole nitrogens is 1. The molecule has 0 amide bonds. The molecule has 3 rings (SSSR count). The quantitative estimate of drug-likeness (QED) is 0.793. The minimum atomic E-state index is 0.701. The molecular formula is C19H22ClN5. The Morgan fingerprint density at radius 1 is 1.48 bits per heavy atom. The third kappa shape index (κ3) is 3.77. The van der Waals surface area contributed by atoms with Crippen molar-refractivity contribution in [1.29, 1.82) is 0 Å². The molecule has 0 unspecified atom stereocenters. The highest BCUT2D eigenvalue weighted by atomic mass is 35.5. The molecule has 1 aromatic carbocycles. The highest BCUT2D eigenvalue weighted by molar-refractivity contribution is 6.30. The summed E-state index contributed by atoms with van der Waals surface area (Å²) in [6.07, 6.45) is 4.77. The Hall–Kier alpha value is -2.53. The molecule has 0 saturated carbocycles. The van der Waals surface area contributed by atoms with Gasteiger partial charge in [-0.15, -0.1) is 0 Å². The summed E-state index contributed by atoms with van der Waals surface area (Å²) in [5, 5.41) is 11.7. The van der Waals surface area contributed by atoms with E-state index < -0.39 is 0 Å². The molecule has 2 heterocycles. The van der Waals surface area contributed by atoms with E-state index in [9.17, 15) is 0 Å². The zero-order valence-corrected chi connectivity index (χ0v) is 15.3. The first-order valence-electron chi connectivity index (χ1n) is 8.23. The van der Waals surface area contributed by atoms with Gasteiger partial charge in [-0.05, 0) is 25.1 Å². The molecule has 2 aromatic rings. The predicted molar refractivity (Wildman–Crippen MR) is 105 cm³/mol. The first-order valence-corrected chi connectivity index (χ1v) is 8.61. The van der Waals surface area contributed by atoms with Crippen molar-refractivity contribution in [2.45, 2.75) is 19.9 Å². The SMILES string of the molecule is C=C(Nc1cccc(Cl)c1)N1CCc2[nH]nc(/C(C=NC)=C/C)c2C1. The van der Waals surface area contributed by atoms with Crippen LogP contribution in [-0.2, 0) is 13.0 Å². The van der Waals surface area contributed by atoms with Crippen LogP contribution in [0.25, 0.3) is 5.57 Å². The van der Waals surface area contributed by atoms with Gasteiger partial charge < -0.3 is 10.2 Å². The van der Waals surface area contributed by atoms with Gasteiger partial charge in [-0.2, -0.15) is 5.10 Å². The highest BCUT2D eigenvalue weighted by Crippen LogP contribution is 2.27. The van der Waals surface area contributed by atoms with Gasteiger partial charge in [-0.25, -0.2) is 0 Å². The van der Waals surface area contributed by atoms with Gasteiger partial charge in [0.1, 0.15) is 0 Å². The zero-order chi connectivity index (χ0) is 17.8. The lowest BCUT2D eigenvalue weighted by Gasteiger charge is -2.31. The summed E-state index contributed by atoms with van der Waals surface area (Å²) in [7, 11) is 1.77. The Labute approximate surface area is 153 Å². The third-order valence-corrected chi connectivity index (χ3v) is 4.52. The lowest BCUT2D eigenvalue weighted by molar-refractivity contribution is 0.325. The minimum absolute atomic E-state index is 0.701. The second-order valence-corrected chi connectivity index (χ2v) is 6.35. The number of rotatable bonds is 5. The van der Waals surface area contributed by atoms with Gasteiger partial charge in [0.05, 0.1) is 11.5 Å². The van der Waals surface area contributed by atoms with Crippen LogP contribution >= 0.6 is 11.6 Å². The summed E-state index contributed by atoms with van der Waals surface area (Å²) in [6.45, 7) is 7.83. The van der Waals surface area contributed by atoms with Crippen LogP contribution < -0.4 is 5.32 Å². The largest absolute Gasteiger partial charge is 0.354 e. The molecule has 0 radical (unpaired) electrons. The van der Waals surface area contributed by atoms with Gasteiger partial charge in [0.2, 0.25) is 0 Å². The van der Waals surface area contributed by atoms with Crippen LogP contribution in [0.1, 0.15) is 23.9 Å². The van der Waals surface area contributed by atoms with Crippen LogP contribution in [-0.4, -0.2) is 34.9 Å². The van der Waals surface area contributed by atoms with Gasteiger partial charge >= 0.3 is 0 Å². The number of benzene rings is 1. The predicted octanol–water partition coefficient (Wildman–Crippen LogP) is 4.11. The number of nitrogens with one attached hydrogen (secondary N) is 2.